The van der Waals surface area contributed by atoms with E-state index in [0.717, 1.165) is 54.2 Å². The Morgan fingerprint density at radius 3 is 2.06 bits per heavy atom. The minimum Gasteiger partial charge on any atom is -0.378 e. The number of anilines is 1. The molecule has 0 spiro atoms. The SMILES string of the molecule is O=S(=O)(Cc1ccccc1)Cc1ccc(-c2nc(-c3ccc(N4CCOCC4)cc3)no2)cc1. The fraction of sp³-hybridized carbons (Fsp3) is 0.231. The van der Waals surface area contributed by atoms with Gasteiger partial charge in [-0.3, -0.25) is 0 Å². The molecule has 2 heterocycles. The molecule has 34 heavy (non-hydrogen) atoms. The number of hydrogen-bond acceptors (Lipinski definition) is 7. The summed E-state index contributed by atoms with van der Waals surface area (Å²) in [7, 11) is -3.27. The monoisotopic (exact) mass is 475 g/mol. The summed E-state index contributed by atoms with van der Waals surface area (Å²) in [4.78, 5) is 6.81. The summed E-state index contributed by atoms with van der Waals surface area (Å²) in [6.07, 6.45) is 0. The molecule has 0 saturated carbocycles. The average Bonchev–Trinajstić information content (AvgIpc) is 3.36. The van der Waals surface area contributed by atoms with Crippen LogP contribution in [0.2, 0.25) is 0 Å². The summed E-state index contributed by atoms with van der Waals surface area (Å²) in [6, 6.07) is 24.5. The molecular weight excluding hydrogens is 450 g/mol. The van der Waals surface area contributed by atoms with Gasteiger partial charge < -0.3 is 14.2 Å². The van der Waals surface area contributed by atoms with E-state index in [0.29, 0.717) is 11.7 Å². The Bertz CT molecular complexity index is 1330. The lowest BCUT2D eigenvalue weighted by Gasteiger charge is -2.28. The molecular formula is C26H25N3O4S. The summed E-state index contributed by atoms with van der Waals surface area (Å²) in [5.74, 6) is 0.906. The zero-order valence-electron chi connectivity index (χ0n) is 18.6. The van der Waals surface area contributed by atoms with Crippen molar-refractivity contribution in [3.05, 3.63) is 90.0 Å². The van der Waals surface area contributed by atoms with Crippen LogP contribution in [0.5, 0.6) is 0 Å². The largest absolute Gasteiger partial charge is 0.378 e. The maximum atomic E-state index is 12.6. The highest BCUT2D eigenvalue weighted by molar-refractivity contribution is 7.89. The van der Waals surface area contributed by atoms with Gasteiger partial charge in [0.1, 0.15) is 0 Å². The van der Waals surface area contributed by atoms with Crippen LogP contribution < -0.4 is 4.90 Å². The molecule has 174 valence electrons. The Labute approximate surface area is 198 Å². The van der Waals surface area contributed by atoms with Crippen LogP contribution in [0, 0.1) is 0 Å². The van der Waals surface area contributed by atoms with Crippen molar-refractivity contribution >= 4 is 15.5 Å². The Kier molecular flexibility index (Phi) is 6.42. The minimum absolute atomic E-state index is 0.0208. The second kappa shape index (κ2) is 9.79. The first-order valence-corrected chi connectivity index (χ1v) is 13.0. The Balaban J connectivity index is 1.25. The van der Waals surface area contributed by atoms with Gasteiger partial charge in [-0.05, 0) is 47.5 Å². The fourth-order valence-corrected chi connectivity index (χ4v) is 5.48. The van der Waals surface area contributed by atoms with E-state index >= 15 is 0 Å². The van der Waals surface area contributed by atoms with E-state index in [2.05, 4.69) is 27.2 Å². The molecule has 5 rings (SSSR count). The molecule has 1 aliphatic heterocycles. The van der Waals surface area contributed by atoms with Crippen LogP contribution in [0.4, 0.5) is 5.69 Å². The third-order valence-corrected chi connectivity index (χ3v) is 7.29. The van der Waals surface area contributed by atoms with Crippen LogP contribution in [0.1, 0.15) is 11.1 Å². The molecule has 0 aliphatic carbocycles. The van der Waals surface area contributed by atoms with Gasteiger partial charge in [-0.25, -0.2) is 8.42 Å². The average molecular weight is 476 g/mol. The molecule has 4 aromatic rings. The second-order valence-corrected chi connectivity index (χ2v) is 10.3. The molecule has 8 heteroatoms. The lowest BCUT2D eigenvalue weighted by Crippen LogP contribution is -2.36. The molecule has 1 saturated heterocycles. The molecule has 0 bridgehead atoms. The third kappa shape index (κ3) is 5.35. The molecule has 1 fully saturated rings. The van der Waals surface area contributed by atoms with Crippen LogP contribution in [0.15, 0.2) is 83.4 Å². The molecule has 0 radical (unpaired) electrons. The van der Waals surface area contributed by atoms with E-state index < -0.39 is 9.84 Å². The number of sulfone groups is 1. The topological polar surface area (TPSA) is 85.5 Å². The predicted molar refractivity (Wildman–Crippen MR) is 131 cm³/mol. The number of morpholine rings is 1. The normalized spacial score (nSPS) is 14.3. The summed E-state index contributed by atoms with van der Waals surface area (Å²) >= 11 is 0. The van der Waals surface area contributed by atoms with Gasteiger partial charge in [0.2, 0.25) is 5.82 Å². The van der Waals surface area contributed by atoms with Crippen molar-refractivity contribution in [2.45, 2.75) is 11.5 Å². The number of hydrogen-bond donors (Lipinski definition) is 0. The first-order valence-electron chi connectivity index (χ1n) is 11.2. The van der Waals surface area contributed by atoms with Crippen molar-refractivity contribution in [1.29, 1.82) is 0 Å². The number of aromatic nitrogens is 2. The molecule has 0 atom stereocenters. The molecule has 0 amide bonds. The van der Waals surface area contributed by atoms with Crippen molar-refractivity contribution in [2.75, 3.05) is 31.2 Å². The van der Waals surface area contributed by atoms with Crippen molar-refractivity contribution in [3.8, 4) is 22.8 Å². The lowest BCUT2D eigenvalue weighted by molar-refractivity contribution is 0.122. The van der Waals surface area contributed by atoms with Crippen LogP contribution in [0.25, 0.3) is 22.8 Å². The number of rotatable bonds is 7. The van der Waals surface area contributed by atoms with E-state index in [1.807, 2.05) is 54.6 Å². The third-order valence-electron chi connectivity index (χ3n) is 5.74. The first-order chi connectivity index (χ1) is 16.6. The molecule has 1 aromatic heterocycles. The van der Waals surface area contributed by atoms with Crippen LogP contribution in [-0.4, -0.2) is 44.9 Å². The van der Waals surface area contributed by atoms with Gasteiger partial charge in [0.25, 0.3) is 5.89 Å². The molecule has 0 N–H and O–H groups in total. The van der Waals surface area contributed by atoms with Crippen molar-refractivity contribution < 1.29 is 17.7 Å². The standard InChI is InChI=1S/C26H25N3O4S/c30-34(31,18-20-4-2-1-3-5-20)19-21-6-8-23(9-7-21)26-27-25(28-33-26)22-10-12-24(13-11-22)29-14-16-32-17-15-29/h1-13H,14-19H2. The molecule has 1 aliphatic rings. The molecule has 0 unspecified atom stereocenters. The highest BCUT2D eigenvalue weighted by Crippen LogP contribution is 2.25. The van der Waals surface area contributed by atoms with Gasteiger partial charge in [-0.15, -0.1) is 0 Å². The number of benzene rings is 3. The zero-order chi connectivity index (χ0) is 23.4. The van der Waals surface area contributed by atoms with E-state index in [4.69, 9.17) is 9.26 Å². The van der Waals surface area contributed by atoms with Crippen molar-refractivity contribution in [2.24, 2.45) is 0 Å². The number of nitrogens with zero attached hydrogens (tertiary/aromatic N) is 3. The first kappa shape index (κ1) is 22.3. The quantitative estimate of drug-likeness (QED) is 0.393. The van der Waals surface area contributed by atoms with Crippen LogP contribution in [-0.2, 0) is 26.1 Å². The Hall–Kier alpha value is -3.49. The van der Waals surface area contributed by atoms with Gasteiger partial charge in [0.05, 0.1) is 24.7 Å². The maximum Gasteiger partial charge on any atom is 0.258 e. The molecule has 7 nitrogen and oxygen atoms in total. The van der Waals surface area contributed by atoms with Gasteiger partial charge >= 0.3 is 0 Å². The van der Waals surface area contributed by atoms with Crippen molar-refractivity contribution in [1.82, 2.24) is 10.1 Å². The van der Waals surface area contributed by atoms with Gasteiger partial charge in [-0.2, -0.15) is 4.98 Å². The smallest absolute Gasteiger partial charge is 0.258 e. The predicted octanol–water partition coefficient (Wildman–Crippen LogP) is 4.36. The van der Waals surface area contributed by atoms with E-state index in [1.54, 1.807) is 12.1 Å². The second-order valence-electron chi connectivity index (χ2n) is 8.28. The zero-order valence-corrected chi connectivity index (χ0v) is 19.4. The molecule has 3 aromatic carbocycles. The van der Waals surface area contributed by atoms with Crippen LogP contribution in [0.3, 0.4) is 0 Å². The van der Waals surface area contributed by atoms with Crippen LogP contribution >= 0.6 is 0 Å². The number of ether oxygens (including phenoxy) is 1. The Morgan fingerprint density at radius 1 is 0.765 bits per heavy atom. The minimum atomic E-state index is -3.27. The summed E-state index contributed by atoms with van der Waals surface area (Å²) in [6.45, 7) is 3.26. The van der Waals surface area contributed by atoms with Gasteiger partial charge in [0.15, 0.2) is 9.84 Å². The van der Waals surface area contributed by atoms with E-state index in [-0.39, 0.29) is 11.5 Å². The van der Waals surface area contributed by atoms with Gasteiger partial charge in [0, 0.05) is 29.9 Å². The Morgan fingerprint density at radius 2 is 1.38 bits per heavy atom. The summed E-state index contributed by atoms with van der Waals surface area (Å²) < 4.78 is 36.0. The summed E-state index contributed by atoms with van der Waals surface area (Å²) in [5.41, 5.74) is 4.27. The van der Waals surface area contributed by atoms with E-state index in [9.17, 15) is 8.42 Å². The lowest BCUT2D eigenvalue weighted by atomic mass is 10.1. The van der Waals surface area contributed by atoms with Crippen molar-refractivity contribution in [3.63, 3.8) is 0 Å². The highest BCUT2D eigenvalue weighted by atomic mass is 32.2. The van der Waals surface area contributed by atoms with E-state index in [1.165, 1.54) is 0 Å². The summed E-state index contributed by atoms with van der Waals surface area (Å²) in [5, 5.41) is 4.12. The fourth-order valence-electron chi connectivity index (χ4n) is 3.98. The van der Waals surface area contributed by atoms with Gasteiger partial charge in [-0.1, -0.05) is 47.6 Å². The maximum absolute atomic E-state index is 12.6. The highest BCUT2D eigenvalue weighted by Gasteiger charge is 2.16.